The first-order valence-electron chi connectivity index (χ1n) is 14.2. The number of nitrogens with one attached hydrogen (secondary N) is 1. The van der Waals surface area contributed by atoms with Crippen molar-refractivity contribution in [3.63, 3.8) is 0 Å². The smallest absolute Gasteiger partial charge is 0.264 e. The van der Waals surface area contributed by atoms with Gasteiger partial charge in [0.1, 0.15) is 12.6 Å². The minimum absolute atomic E-state index is 0.0229. The molecule has 1 N–H and O–H groups in total. The van der Waals surface area contributed by atoms with Crippen molar-refractivity contribution in [2.45, 2.75) is 44.2 Å². The van der Waals surface area contributed by atoms with E-state index in [0.717, 1.165) is 27.4 Å². The summed E-state index contributed by atoms with van der Waals surface area (Å²) in [4.78, 5) is 29.7. The van der Waals surface area contributed by atoms with E-state index in [9.17, 15) is 18.0 Å². The van der Waals surface area contributed by atoms with Gasteiger partial charge in [-0.2, -0.15) is 0 Å². The number of anilines is 1. The van der Waals surface area contributed by atoms with E-state index in [1.165, 1.54) is 17.0 Å². The Morgan fingerprint density at radius 3 is 2.09 bits per heavy atom. The second kappa shape index (κ2) is 14.8. The summed E-state index contributed by atoms with van der Waals surface area (Å²) in [5.74, 6) is -0.835. The Bertz CT molecular complexity index is 1630. The van der Waals surface area contributed by atoms with Crippen LogP contribution in [-0.4, -0.2) is 44.3 Å². The quantitative estimate of drug-likeness (QED) is 0.199. The van der Waals surface area contributed by atoms with Gasteiger partial charge in [0.2, 0.25) is 11.8 Å². The highest BCUT2D eigenvalue weighted by Gasteiger charge is 2.35. The van der Waals surface area contributed by atoms with Crippen molar-refractivity contribution >= 4 is 39.1 Å². The summed E-state index contributed by atoms with van der Waals surface area (Å²) in [6.45, 7) is 3.91. The number of amides is 2. The molecular weight excluding hydrogens is 582 g/mol. The molecular formula is C34H36ClN3O4S. The summed E-state index contributed by atoms with van der Waals surface area (Å²) in [7, 11) is -4.20. The van der Waals surface area contributed by atoms with Gasteiger partial charge in [-0.3, -0.25) is 13.9 Å². The number of carbonyl (C=O) groups excluding carboxylic acids is 2. The van der Waals surface area contributed by atoms with Crippen LogP contribution in [0.4, 0.5) is 5.69 Å². The number of rotatable bonds is 13. The monoisotopic (exact) mass is 617 g/mol. The van der Waals surface area contributed by atoms with Gasteiger partial charge in [0, 0.05) is 19.5 Å². The molecule has 43 heavy (non-hydrogen) atoms. The Kier molecular flexibility index (Phi) is 11.0. The minimum atomic E-state index is -4.20. The molecule has 0 saturated heterocycles. The van der Waals surface area contributed by atoms with Crippen molar-refractivity contribution in [3.8, 4) is 0 Å². The number of sulfonamides is 1. The summed E-state index contributed by atoms with van der Waals surface area (Å²) >= 11 is 6.51. The third kappa shape index (κ3) is 8.03. The molecule has 0 unspecified atom stereocenters. The van der Waals surface area contributed by atoms with Crippen LogP contribution in [0.3, 0.4) is 0 Å². The molecule has 224 valence electrons. The Hall–Kier alpha value is -4.14. The van der Waals surface area contributed by atoms with Crippen molar-refractivity contribution in [2.75, 3.05) is 17.4 Å². The Labute approximate surface area is 259 Å². The minimum Gasteiger partial charge on any atom is -0.354 e. The van der Waals surface area contributed by atoms with Gasteiger partial charge in [-0.25, -0.2) is 8.42 Å². The lowest BCUT2D eigenvalue weighted by Gasteiger charge is -2.34. The van der Waals surface area contributed by atoms with Gasteiger partial charge in [-0.15, -0.1) is 0 Å². The lowest BCUT2D eigenvalue weighted by molar-refractivity contribution is -0.140. The Morgan fingerprint density at radius 1 is 0.837 bits per heavy atom. The molecule has 0 aliphatic rings. The van der Waals surface area contributed by atoms with Crippen molar-refractivity contribution in [2.24, 2.45) is 0 Å². The van der Waals surface area contributed by atoms with Gasteiger partial charge >= 0.3 is 0 Å². The maximum Gasteiger partial charge on any atom is 0.264 e. The molecule has 0 heterocycles. The van der Waals surface area contributed by atoms with Crippen LogP contribution in [0, 0.1) is 6.92 Å². The first-order valence-corrected chi connectivity index (χ1v) is 16.0. The van der Waals surface area contributed by atoms with E-state index in [4.69, 9.17) is 11.6 Å². The first kappa shape index (κ1) is 31.8. The molecule has 0 spiro atoms. The fourth-order valence-corrected chi connectivity index (χ4v) is 6.52. The molecule has 0 aliphatic heterocycles. The molecule has 0 radical (unpaired) electrons. The number of aryl methyl sites for hydroxylation is 1. The number of halogens is 1. The molecule has 0 bridgehead atoms. The van der Waals surface area contributed by atoms with Crippen LogP contribution in [0.1, 0.15) is 30.0 Å². The first-order chi connectivity index (χ1) is 20.7. The van der Waals surface area contributed by atoms with E-state index in [1.807, 2.05) is 68.4 Å². The number of para-hydroxylation sites is 1. The maximum atomic E-state index is 14.4. The van der Waals surface area contributed by atoms with Crippen LogP contribution in [0.25, 0.3) is 0 Å². The Balaban J connectivity index is 1.81. The van der Waals surface area contributed by atoms with Gasteiger partial charge in [0.25, 0.3) is 10.0 Å². The van der Waals surface area contributed by atoms with Gasteiger partial charge < -0.3 is 10.2 Å². The maximum absolute atomic E-state index is 14.4. The predicted molar refractivity (Wildman–Crippen MR) is 171 cm³/mol. The van der Waals surface area contributed by atoms with Gasteiger partial charge in [0.05, 0.1) is 15.6 Å². The summed E-state index contributed by atoms with van der Waals surface area (Å²) < 4.78 is 29.0. The second-order valence-corrected chi connectivity index (χ2v) is 12.5. The van der Waals surface area contributed by atoms with Crippen LogP contribution in [-0.2, 0) is 32.6 Å². The molecule has 4 aromatic carbocycles. The average molecular weight is 618 g/mol. The van der Waals surface area contributed by atoms with E-state index < -0.39 is 28.5 Å². The topological polar surface area (TPSA) is 86.8 Å². The van der Waals surface area contributed by atoms with Crippen molar-refractivity contribution in [3.05, 3.63) is 131 Å². The molecule has 7 nitrogen and oxygen atoms in total. The zero-order chi connectivity index (χ0) is 30.8. The summed E-state index contributed by atoms with van der Waals surface area (Å²) in [6.07, 6.45) is 0.983. The van der Waals surface area contributed by atoms with E-state index in [2.05, 4.69) is 5.32 Å². The van der Waals surface area contributed by atoms with Crippen LogP contribution < -0.4 is 9.62 Å². The van der Waals surface area contributed by atoms with E-state index in [0.29, 0.717) is 6.54 Å². The normalized spacial score (nSPS) is 11.9. The Morgan fingerprint density at radius 2 is 1.44 bits per heavy atom. The number of hydrogen-bond donors (Lipinski definition) is 1. The number of hydrogen-bond acceptors (Lipinski definition) is 4. The molecule has 9 heteroatoms. The summed E-state index contributed by atoms with van der Waals surface area (Å²) in [6, 6.07) is 30.6. The van der Waals surface area contributed by atoms with Crippen LogP contribution >= 0.6 is 11.6 Å². The molecule has 0 fully saturated rings. The zero-order valence-corrected chi connectivity index (χ0v) is 25.9. The van der Waals surface area contributed by atoms with Gasteiger partial charge in [-0.1, -0.05) is 103 Å². The number of carbonyl (C=O) groups is 2. The largest absolute Gasteiger partial charge is 0.354 e. The number of nitrogens with zero attached hydrogens (tertiary/aromatic N) is 2. The lowest BCUT2D eigenvalue weighted by atomic mass is 10.0. The molecule has 0 saturated carbocycles. The molecule has 4 rings (SSSR count). The van der Waals surface area contributed by atoms with Crippen LogP contribution in [0.5, 0.6) is 0 Å². The van der Waals surface area contributed by atoms with Crippen molar-refractivity contribution in [1.29, 1.82) is 0 Å². The predicted octanol–water partition coefficient (Wildman–Crippen LogP) is 6.01. The van der Waals surface area contributed by atoms with Crippen LogP contribution in [0.2, 0.25) is 5.02 Å². The van der Waals surface area contributed by atoms with Crippen molar-refractivity contribution < 1.29 is 18.0 Å². The van der Waals surface area contributed by atoms with Crippen LogP contribution in [0.15, 0.2) is 114 Å². The third-order valence-corrected chi connectivity index (χ3v) is 9.25. The molecule has 1 atom stereocenters. The van der Waals surface area contributed by atoms with E-state index >= 15 is 0 Å². The van der Waals surface area contributed by atoms with Crippen molar-refractivity contribution in [1.82, 2.24) is 10.2 Å². The third-order valence-electron chi connectivity index (χ3n) is 7.15. The van der Waals surface area contributed by atoms with E-state index in [1.54, 1.807) is 42.5 Å². The molecule has 4 aromatic rings. The lowest BCUT2D eigenvalue weighted by Crippen LogP contribution is -2.53. The standard InChI is InChI=1S/C34H36ClN3O4S/c1-3-22-36-34(40)32(23-27-15-6-4-7-16-27)37(24-28-17-11-10-14-26(28)2)33(39)25-38(31-21-13-12-20-30(31)35)43(41,42)29-18-8-5-9-19-29/h4-21,32H,3,22-25H2,1-2H3,(H,36,40)/t32-/m0/s1. The number of benzene rings is 4. The summed E-state index contributed by atoms with van der Waals surface area (Å²) in [5, 5.41) is 3.14. The molecule has 2 amide bonds. The highest BCUT2D eigenvalue weighted by Crippen LogP contribution is 2.31. The zero-order valence-electron chi connectivity index (χ0n) is 24.3. The second-order valence-electron chi connectivity index (χ2n) is 10.2. The fourth-order valence-electron chi connectivity index (χ4n) is 4.78. The SMILES string of the molecule is CCCNC(=O)[C@H](Cc1ccccc1)N(Cc1ccccc1C)C(=O)CN(c1ccccc1Cl)S(=O)(=O)c1ccccc1. The highest BCUT2D eigenvalue weighted by atomic mass is 35.5. The molecule has 0 aromatic heterocycles. The fraction of sp³-hybridized carbons (Fsp3) is 0.235. The summed E-state index contributed by atoms with van der Waals surface area (Å²) in [5.41, 5.74) is 2.86. The van der Waals surface area contributed by atoms with Gasteiger partial charge in [-0.05, 0) is 54.3 Å². The molecule has 0 aliphatic carbocycles. The average Bonchev–Trinajstić information content (AvgIpc) is 3.02. The van der Waals surface area contributed by atoms with E-state index in [-0.39, 0.29) is 34.5 Å². The highest BCUT2D eigenvalue weighted by molar-refractivity contribution is 7.92. The van der Waals surface area contributed by atoms with Gasteiger partial charge in [0.15, 0.2) is 0 Å².